The molecule has 1 aromatic carbocycles. The normalized spacial score (nSPS) is 14.5. The van der Waals surface area contributed by atoms with Gasteiger partial charge in [-0.05, 0) is 19.4 Å². The summed E-state index contributed by atoms with van der Waals surface area (Å²) >= 11 is 0. The molecule has 1 unspecified atom stereocenters. The van der Waals surface area contributed by atoms with Gasteiger partial charge in [-0.25, -0.2) is 0 Å². The first kappa shape index (κ1) is 13.0. The van der Waals surface area contributed by atoms with Gasteiger partial charge < -0.3 is 15.2 Å². The fourth-order valence-corrected chi connectivity index (χ4v) is 1.38. The Morgan fingerprint density at radius 2 is 2.00 bits per heavy atom. The number of nitrogens with two attached hydrogens (primary N) is 1. The Morgan fingerprint density at radius 3 is 2.56 bits per heavy atom. The van der Waals surface area contributed by atoms with Gasteiger partial charge in [0.1, 0.15) is 5.75 Å². The van der Waals surface area contributed by atoms with Crippen molar-refractivity contribution in [3.63, 3.8) is 0 Å². The molecule has 0 aromatic heterocycles. The van der Waals surface area contributed by atoms with Gasteiger partial charge in [0.25, 0.3) is 0 Å². The van der Waals surface area contributed by atoms with Crippen LogP contribution in [0.4, 0.5) is 0 Å². The number of hydrogen-bond acceptors (Lipinski definition) is 3. The largest absolute Gasteiger partial charge is 0.496 e. The Morgan fingerprint density at radius 1 is 1.31 bits per heavy atom. The van der Waals surface area contributed by atoms with Gasteiger partial charge in [0.15, 0.2) is 0 Å². The van der Waals surface area contributed by atoms with Gasteiger partial charge >= 0.3 is 0 Å². The Bertz CT molecular complexity index is 321. The zero-order valence-electron chi connectivity index (χ0n) is 10.3. The summed E-state index contributed by atoms with van der Waals surface area (Å²) in [7, 11) is 1.67. The fourth-order valence-electron chi connectivity index (χ4n) is 1.38. The van der Waals surface area contributed by atoms with Crippen LogP contribution in [0.2, 0.25) is 0 Å². The minimum atomic E-state index is -0.249. The van der Waals surface area contributed by atoms with Crippen molar-refractivity contribution in [3.05, 3.63) is 29.8 Å². The number of rotatable bonds is 6. The van der Waals surface area contributed by atoms with Gasteiger partial charge in [-0.3, -0.25) is 0 Å². The highest BCUT2D eigenvalue weighted by molar-refractivity contribution is 5.32. The molecule has 0 aliphatic heterocycles. The summed E-state index contributed by atoms with van der Waals surface area (Å²) in [4.78, 5) is 0. The van der Waals surface area contributed by atoms with Gasteiger partial charge in [-0.1, -0.05) is 25.1 Å². The van der Waals surface area contributed by atoms with E-state index in [1.807, 2.05) is 31.2 Å². The molecule has 3 nitrogen and oxygen atoms in total. The van der Waals surface area contributed by atoms with E-state index < -0.39 is 0 Å². The molecule has 0 heterocycles. The molecule has 1 atom stereocenters. The van der Waals surface area contributed by atoms with Crippen LogP contribution in [-0.2, 0) is 11.3 Å². The highest BCUT2D eigenvalue weighted by Gasteiger charge is 2.20. The number of benzene rings is 1. The van der Waals surface area contributed by atoms with Crippen LogP contribution in [0.1, 0.15) is 25.8 Å². The fraction of sp³-hybridized carbons (Fsp3) is 0.538. The molecule has 0 saturated heterocycles. The van der Waals surface area contributed by atoms with Crippen LogP contribution in [0.3, 0.4) is 0 Å². The van der Waals surface area contributed by atoms with E-state index in [0.717, 1.165) is 17.7 Å². The van der Waals surface area contributed by atoms with Gasteiger partial charge in [-0.15, -0.1) is 0 Å². The summed E-state index contributed by atoms with van der Waals surface area (Å²) in [5, 5.41) is 0. The van der Waals surface area contributed by atoms with Crippen molar-refractivity contribution in [2.75, 3.05) is 13.7 Å². The number of ether oxygens (including phenoxy) is 2. The molecule has 1 aromatic rings. The van der Waals surface area contributed by atoms with Crippen LogP contribution in [0.15, 0.2) is 24.3 Å². The van der Waals surface area contributed by atoms with E-state index >= 15 is 0 Å². The van der Waals surface area contributed by atoms with Crippen molar-refractivity contribution < 1.29 is 9.47 Å². The zero-order chi connectivity index (χ0) is 12.0. The average Bonchev–Trinajstić information content (AvgIpc) is 2.36. The molecule has 90 valence electrons. The molecule has 2 N–H and O–H groups in total. The number of hydrogen-bond donors (Lipinski definition) is 1. The van der Waals surface area contributed by atoms with Crippen molar-refractivity contribution in [3.8, 4) is 5.75 Å². The predicted molar refractivity (Wildman–Crippen MR) is 65.5 cm³/mol. The van der Waals surface area contributed by atoms with Crippen molar-refractivity contribution in [1.29, 1.82) is 0 Å². The van der Waals surface area contributed by atoms with Gasteiger partial charge in [0.2, 0.25) is 0 Å². The van der Waals surface area contributed by atoms with E-state index in [4.69, 9.17) is 15.2 Å². The smallest absolute Gasteiger partial charge is 0.124 e. The van der Waals surface area contributed by atoms with Gasteiger partial charge in [-0.2, -0.15) is 0 Å². The first-order valence-electron chi connectivity index (χ1n) is 5.61. The molecule has 0 fully saturated rings. The Hall–Kier alpha value is -1.06. The van der Waals surface area contributed by atoms with E-state index in [0.29, 0.717) is 13.2 Å². The summed E-state index contributed by atoms with van der Waals surface area (Å²) < 4.78 is 11.1. The zero-order valence-corrected chi connectivity index (χ0v) is 10.3. The molecule has 1 rings (SSSR count). The van der Waals surface area contributed by atoms with Crippen LogP contribution >= 0.6 is 0 Å². The standard InChI is InChI=1S/C13H21NO2/c1-4-13(2,10-14)16-9-11-7-5-6-8-12(11)15-3/h5-8H,4,9-10,14H2,1-3H3. The van der Waals surface area contributed by atoms with E-state index in [9.17, 15) is 0 Å². The third-order valence-electron chi connectivity index (χ3n) is 2.95. The average molecular weight is 223 g/mol. The second kappa shape index (κ2) is 5.87. The summed E-state index contributed by atoms with van der Waals surface area (Å²) in [6, 6.07) is 7.87. The lowest BCUT2D eigenvalue weighted by Crippen LogP contribution is -2.36. The van der Waals surface area contributed by atoms with Crippen LogP contribution in [0, 0.1) is 0 Å². The summed E-state index contributed by atoms with van der Waals surface area (Å²) in [5.74, 6) is 0.859. The lowest BCUT2D eigenvalue weighted by atomic mass is 10.0. The monoisotopic (exact) mass is 223 g/mol. The first-order valence-corrected chi connectivity index (χ1v) is 5.61. The highest BCUT2D eigenvalue weighted by atomic mass is 16.5. The minimum absolute atomic E-state index is 0.249. The van der Waals surface area contributed by atoms with Crippen molar-refractivity contribution in [2.45, 2.75) is 32.5 Å². The molecule has 3 heteroatoms. The molecule has 0 aliphatic carbocycles. The Kier molecular flexibility index (Phi) is 4.77. The number of para-hydroxylation sites is 1. The van der Waals surface area contributed by atoms with Crippen LogP contribution in [0.5, 0.6) is 5.75 Å². The summed E-state index contributed by atoms with van der Waals surface area (Å²) in [6.45, 7) is 5.17. The molecule has 0 aliphatic rings. The van der Waals surface area contributed by atoms with Crippen LogP contribution < -0.4 is 10.5 Å². The van der Waals surface area contributed by atoms with Crippen LogP contribution in [-0.4, -0.2) is 19.3 Å². The second-order valence-corrected chi connectivity index (χ2v) is 4.11. The molecule has 0 radical (unpaired) electrons. The lowest BCUT2D eigenvalue weighted by molar-refractivity contribution is -0.0393. The maximum Gasteiger partial charge on any atom is 0.124 e. The van der Waals surface area contributed by atoms with Crippen LogP contribution in [0.25, 0.3) is 0 Å². The minimum Gasteiger partial charge on any atom is -0.496 e. The Balaban J connectivity index is 2.67. The topological polar surface area (TPSA) is 44.5 Å². The summed E-state index contributed by atoms with van der Waals surface area (Å²) in [6.07, 6.45) is 0.901. The van der Waals surface area contributed by atoms with E-state index in [-0.39, 0.29) is 5.60 Å². The lowest BCUT2D eigenvalue weighted by Gasteiger charge is -2.27. The van der Waals surface area contributed by atoms with Crippen molar-refractivity contribution in [2.24, 2.45) is 5.73 Å². The van der Waals surface area contributed by atoms with E-state index in [1.165, 1.54) is 0 Å². The molecular weight excluding hydrogens is 202 g/mol. The molecular formula is C13H21NO2. The summed E-state index contributed by atoms with van der Waals surface area (Å²) in [5.41, 5.74) is 6.50. The Labute approximate surface area is 97.6 Å². The third-order valence-corrected chi connectivity index (χ3v) is 2.95. The van der Waals surface area contributed by atoms with Crippen molar-refractivity contribution >= 4 is 0 Å². The third kappa shape index (κ3) is 3.22. The molecule has 0 bridgehead atoms. The molecule has 16 heavy (non-hydrogen) atoms. The molecule has 0 saturated carbocycles. The first-order chi connectivity index (χ1) is 7.65. The quantitative estimate of drug-likeness (QED) is 0.805. The van der Waals surface area contributed by atoms with E-state index in [1.54, 1.807) is 7.11 Å². The maximum absolute atomic E-state index is 5.85. The van der Waals surface area contributed by atoms with E-state index in [2.05, 4.69) is 6.92 Å². The maximum atomic E-state index is 5.85. The molecule has 0 spiro atoms. The number of methoxy groups -OCH3 is 1. The SMILES string of the molecule is CCC(C)(CN)OCc1ccccc1OC. The predicted octanol–water partition coefficient (Wildman–Crippen LogP) is 2.34. The van der Waals surface area contributed by atoms with Crippen molar-refractivity contribution in [1.82, 2.24) is 0 Å². The second-order valence-electron chi connectivity index (χ2n) is 4.11. The molecule has 0 amide bonds. The van der Waals surface area contributed by atoms with Gasteiger partial charge in [0.05, 0.1) is 19.3 Å². The van der Waals surface area contributed by atoms with Gasteiger partial charge in [0, 0.05) is 12.1 Å². The highest BCUT2D eigenvalue weighted by Crippen LogP contribution is 2.22.